The van der Waals surface area contributed by atoms with Gasteiger partial charge in [-0.3, -0.25) is 0 Å². The Labute approximate surface area is 100 Å². The molecule has 5 heteroatoms. The average molecular weight is 241 g/mol. The number of likely N-dealkylation sites (N-methyl/N-ethyl adjacent to an activating group) is 1. The monoisotopic (exact) mass is 241 g/mol. The van der Waals surface area contributed by atoms with Gasteiger partial charge in [-0.1, -0.05) is 0 Å². The second kappa shape index (κ2) is 4.69. The van der Waals surface area contributed by atoms with Crippen molar-refractivity contribution in [3.8, 4) is 0 Å². The lowest BCUT2D eigenvalue weighted by atomic mass is 10.2. The molecule has 0 bridgehead atoms. The van der Waals surface area contributed by atoms with E-state index in [0.717, 1.165) is 30.5 Å². The lowest BCUT2D eigenvalue weighted by Gasteiger charge is -2.21. The highest BCUT2D eigenvalue weighted by atomic mass is 32.1. The Morgan fingerprint density at radius 2 is 2.38 bits per heavy atom. The van der Waals surface area contributed by atoms with Crippen molar-refractivity contribution < 1.29 is 4.74 Å². The Morgan fingerprint density at radius 3 is 2.88 bits per heavy atom. The molecule has 1 aromatic rings. The fourth-order valence-electron chi connectivity index (χ4n) is 1.95. The topological polar surface area (TPSA) is 51.4 Å². The summed E-state index contributed by atoms with van der Waals surface area (Å²) in [5.41, 5.74) is 6.96. The first-order valence-corrected chi connectivity index (χ1v) is 6.44. The molecule has 1 aromatic heterocycles. The number of aryl methyl sites for hydroxylation is 1. The normalized spacial score (nSPS) is 22.4. The molecule has 2 unspecified atom stereocenters. The van der Waals surface area contributed by atoms with Gasteiger partial charge in [-0.15, -0.1) is 11.3 Å². The smallest absolute Gasteiger partial charge is 0.185 e. The number of nitrogens with two attached hydrogens (primary N) is 1. The first-order valence-electron chi connectivity index (χ1n) is 5.63. The fraction of sp³-hybridized carbons (Fsp3) is 0.727. The Kier molecular flexibility index (Phi) is 3.47. The summed E-state index contributed by atoms with van der Waals surface area (Å²) in [5.74, 6) is 0. The molecule has 2 N–H and O–H groups in total. The zero-order chi connectivity index (χ0) is 11.7. The molecule has 0 spiro atoms. The van der Waals surface area contributed by atoms with Crippen molar-refractivity contribution >= 4 is 16.5 Å². The molecule has 90 valence electrons. The van der Waals surface area contributed by atoms with Crippen LogP contribution in [-0.2, 0) is 4.74 Å². The van der Waals surface area contributed by atoms with Crippen LogP contribution in [0.1, 0.15) is 30.0 Å². The Bertz CT molecular complexity index is 358. The van der Waals surface area contributed by atoms with Crippen molar-refractivity contribution in [3.63, 3.8) is 0 Å². The van der Waals surface area contributed by atoms with Gasteiger partial charge < -0.3 is 15.4 Å². The van der Waals surface area contributed by atoms with Gasteiger partial charge in [0, 0.05) is 24.6 Å². The van der Waals surface area contributed by atoms with E-state index in [2.05, 4.69) is 16.9 Å². The molecule has 16 heavy (non-hydrogen) atoms. The summed E-state index contributed by atoms with van der Waals surface area (Å²) in [4.78, 5) is 7.99. The third-order valence-corrected chi connectivity index (χ3v) is 4.44. The van der Waals surface area contributed by atoms with Crippen LogP contribution >= 0.6 is 11.3 Å². The van der Waals surface area contributed by atoms with Crippen LogP contribution in [0.25, 0.3) is 0 Å². The van der Waals surface area contributed by atoms with E-state index in [-0.39, 0.29) is 6.04 Å². The summed E-state index contributed by atoms with van der Waals surface area (Å²) < 4.78 is 5.39. The minimum absolute atomic E-state index is 0.0690. The van der Waals surface area contributed by atoms with Crippen LogP contribution in [-0.4, -0.2) is 31.3 Å². The van der Waals surface area contributed by atoms with Crippen LogP contribution < -0.4 is 10.6 Å². The molecule has 0 radical (unpaired) electrons. The van der Waals surface area contributed by atoms with E-state index in [9.17, 15) is 0 Å². The summed E-state index contributed by atoms with van der Waals surface area (Å²) in [6.45, 7) is 5.70. The zero-order valence-corrected chi connectivity index (χ0v) is 10.9. The van der Waals surface area contributed by atoms with Crippen molar-refractivity contribution in [3.05, 3.63) is 10.6 Å². The highest BCUT2D eigenvalue weighted by molar-refractivity contribution is 7.15. The average Bonchev–Trinajstić information content (AvgIpc) is 2.84. The van der Waals surface area contributed by atoms with Crippen LogP contribution in [0.3, 0.4) is 0 Å². The standard InChI is InChI=1S/C11H19N3OS/c1-7(12)10-8(2)13-11(16-10)14(3)9-4-5-15-6-9/h7,9H,4-6,12H2,1-3H3. The van der Waals surface area contributed by atoms with Gasteiger partial charge in [0.15, 0.2) is 5.13 Å². The van der Waals surface area contributed by atoms with Gasteiger partial charge in [0.05, 0.1) is 18.3 Å². The second-order valence-electron chi connectivity index (χ2n) is 4.36. The molecule has 4 nitrogen and oxygen atoms in total. The third kappa shape index (κ3) is 2.21. The molecule has 1 aliphatic rings. The first kappa shape index (κ1) is 11.8. The Hall–Kier alpha value is -0.650. The van der Waals surface area contributed by atoms with E-state index >= 15 is 0 Å². The Morgan fingerprint density at radius 1 is 1.62 bits per heavy atom. The zero-order valence-electron chi connectivity index (χ0n) is 10.1. The van der Waals surface area contributed by atoms with E-state index in [4.69, 9.17) is 10.5 Å². The number of rotatable bonds is 3. The van der Waals surface area contributed by atoms with Crippen LogP contribution in [0, 0.1) is 6.92 Å². The highest BCUT2D eigenvalue weighted by Crippen LogP contribution is 2.31. The largest absolute Gasteiger partial charge is 0.379 e. The molecular formula is C11H19N3OS. The van der Waals surface area contributed by atoms with E-state index in [1.807, 2.05) is 13.8 Å². The predicted octanol–water partition coefficient (Wildman–Crippen LogP) is 1.70. The van der Waals surface area contributed by atoms with Crippen molar-refractivity contribution in [1.82, 2.24) is 4.98 Å². The quantitative estimate of drug-likeness (QED) is 0.875. The minimum Gasteiger partial charge on any atom is -0.379 e. The van der Waals surface area contributed by atoms with Crippen molar-refractivity contribution in [2.45, 2.75) is 32.4 Å². The lowest BCUT2D eigenvalue weighted by Crippen LogP contribution is -2.31. The van der Waals surface area contributed by atoms with Crippen molar-refractivity contribution in [2.75, 3.05) is 25.2 Å². The number of ether oxygens (including phenoxy) is 1. The number of aromatic nitrogens is 1. The van der Waals surface area contributed by atoms with Gasteiger partial charge in [-0.25, -0.2) is 4.98 Å². The maximum Gasteiger partial charge on any atom is 0.185 e. The van der Waals surface area contributed by atoms with Crippen LogP contribution in [0.2, 0.25) is 0 Å². The van der Waals surface area contributed by atoms with Crippen molar-refractivity contribution in [1.29, 1.82) is 0 Å². The molecule has 1 aliphatic heterocycles. The third-order valence-electron chi connectivity index (χ3n) is 2.99. The van der Waals surface area contributed by atoms with Gasteiger partial charge in [0.1, 0.15) is 0 Å². The molecule has 0 amide bonds. The number of thiazole rings is 1. The summed E-state index contributed by atoms with van der Waals surface area (Å²) in [6, 6.07) is 0.533. The summed E-state index contributed by atoms with van der Waals surface area (Å²) in [7, 11) is 2.09. The van der Waals surface area contributed by atoms with Crippen molar-refractivity contribution in [2.24, 2.45) is 5.73 Å². The number of anilines is 1. The number of nitrogens with zero attached hydrogens (tertiary/aromatic N) is 2. The maximum atomic E-state index is 5.91. The van der Waals surface area contributed by atoms with E-state index in [1.165, 1.54) is 4.88 Å². The molecule has 2 heterocycles. The fourth-order valence-corrected chi connectivity index (χ4v) is 3.00. The number of hydrogen-bond acceptors (Lipinski definition) is 5. The molecule has 2 atom stereocenters. The molecule has 1 fully saturated rings. The van der Waals surface area contributed by atoms with Gasteiger partial charge in [0.2, 0.25) is 0 Å². The number of hydrogen-bond donors (Lipinski definition) is 1. The van der Waals surface area contributed by atoms with Gasteiger partial charge in [-0.2, -0.15) is 0 Å². The molecule has 0 saturated carbocycles. The van der Waals surface area contributed by atoms with Crippen LogP contribution in [0.15, 0.2) is 0 Å². The van der Waals surface area contributed by atoms with Crippen LogP contribution in [0.4, 0.5) is 5.13 Å². The van der Waals surface area contributed by atoms with Gasteiger partial charge in [0.25, 0.3) is 0 Å². The van der Waals surface area contributed by atoms with E-state index < -0.39 is 0 Å². The summed E-state index contributed by atoms with van der Waals surface area (Å²) >= 11 is 1.70. The second-order valence-corrected chi connectivity index (χ2v) is 5.37. The summed E-state index contributed by atoms with van der Waals surface area (Å²) in [5, 5.41) is 1.06. The first-order chi connectivity index (χ1) is 7.59. The minimum atomic E-state index is 0.0690. The molecule has 0 aliphatic carbocycles. The van der Waals surface area contributed by atoms with Crippen LogP contribution in [0.5, 0.6) is 0 Å². The molecule has 1 saturated heterocycles. The molecular weight excluding hydrogens is 222 g/mol. The lowest BCUT2D eigenvalue weighted by molar-refractivity contribution is 0.193. The highest BCUT2D eigenvalue weighted by Gasteiger charge is 2.23. The summed E-state index contributed by atoms with van der Waals surface area (Å²) in [6.07, 6.45) is 1.09. The SMILES string of the molecule is Cc1nc(N(C)C2CCOC2)sc1C(C)N. The van der Waals surface area contributed by atoms with E-state index in [1.54, 1.807) is 11.3 Å². The van der Waals surface area contributed by atoms with Gasteiger partial charge >= 0.3 is 0 Å². The maximum absolute atomic E-state index is 5.91. The van der Waals surface area contributed by atoms with Gasteiger partial charge in [-0.05, 0) is 20.3 Å². The van der Waals surface area contributed by atoms with E-state index in [0.29, 0.717) is 6.04 Å². The molecule has 0 aromatic carbocycles. The Balaban J connectivity index is 2.16. The molecule has 2 rings (SSSR count). The predicted molar refractivity (Wildman–Crippen MR) is 67.1 cm³/mol.